The number of carbonyl (C=O) groups is 1. The van der Waals surface area contributed by atoms with Gasteiger partial charge in [0.15, 0.2) is 10.8 Å². The van der Waals surface area contributed by atoms with Crippen LogP contribution in [0.3, 0.4) is 0 Å². The first kappa shape index (κ1) is 14.3. The first-order valence-corrected chi connectivity index (χ1v) is 7.98. The first-order chi connectivity index (χ1) is 10.2. The maximum Gasteiger partial charge on any atom is 0.273 e. The number of likely N-dealkylation sites (tertiary alicyclic amines) is 1. The summed E-state index contributed by atoms with van der Waals surface area (Å²) in [7, 11) is 0. The summed E-state index contributed by atoms with van der Waals surface area (Å²) < 4.78 is 5.53. The fraction of sp³-hybridized carbons (Fsp3) is 0.467. The van der Waals surface area contributed by atoms with Gasteiger partial charge in [-0.2, -0.15) is 0 Å². The molecule has 0 aliphatic carbocycles. The zero-order valence-corrected chi connectivity index (χ0v) is 12.7. The highest BCUT2D eigenvalue weighted by atomic mass is 32.1. The highest BCUT2D eigenvalue weighted by molar-refractivity contribution is 7.13. The van der Waals surface area contributed by atoms with Crippen LogP contribution < -0.4 is 0 Å². The number of hydrogen-bond donors (Lipinski definition) is 1. The highest BCUT2D eigenvalue weighted by Crippen LogP contribution is 2.26. The molecule has 6 heteroatoms. The second-order valence-corrected chi connectivity index (χ2v) is 6.25. The summed E-state index contributed by atoms with van der Waals surface area (Å²) in [6.45, 7) is 3.37. The number of amides is 1. The van der Waals surface area contributed by atoms with Crippen LogP contribution in [-0.2, 0) is 0 Å². The number of nitrogens with zero attached hydrogens (tertiary/aromatic N) is 2. The van der Waals surface area contributed by atoms with Gasteiger partial charge < -0.3 is 14.4 Å². The fourth-order valence-corrected chi connectivity index (χ4v) is 3.35. The van der Waals surface area contributed by atoms with Gasteiger partial charge in [-0.25, -0.2) is 4.98 Å². The van der Waals surface area contributed by atoms with E-state index >= 15 is 0 Å². The Morgan fingerprint density at radius 1 is 1.57 bits per heavy atom. The van der Waals surface area contributed by atoms with Crippen LogP contribution in [0.4, 0.5) is 0 Å². The molecule has 5 nitrogen and oxygen atoms in total. The van der Waals surface area contributed by atoms with Crippen molar-refractivity contribution in [2.24, 2.45) is 5.92 Å². The van der Waals surface area contributed by atoms with Crippen molar-refractivity contribution in [3.8, 4) is 10.8 Å². The summed E-state index contributed by atoms with van der Waals surface area (Å²) in [5, 5.41) is 11.8. The van der Waals surface area contributed by atoms with Crippen molar-refractivity contribution in [3.63, 3.8) is 0 Å². The monoisotopic (exact) mass is 306 g/mol. The molecule has 1 atom stereocenters. The Balaban J connectivity index is 1.75. The van der Waals surface area contributed by atoms with Crippen molar-refractivity contribution in [2.75, 3.05) is 19.7 Å². The number of thiazole rings is 1. The number of aromatic nitrogens is 1. The number of aryl methyl sites for hydroxylation is 1. The largest absolute Gasteiger partial charge is 0.459 e. The molecule has 2 aromatic rings. The smallest absolute Gasteiger partial charge is 0.273 e. The molecule has 3 rings (SSSR count). The number of furan rings is 1. The number of piperidine rings is 1. The molecule has 21 heavy (non-hydrogen) atoms. The standard InChI is InChI=1S/C15H18N2O3S/c1-10-4-5-13(20-10)14-16-12(9-21-14)15(19)17-6-2-3-11(7-17)8-18/h4-5,9,11,18H,2-3,6-8H2,1H3. The molecule has 0 saturated carbocycles. The van der Waals surface area contributed by atoms with Gasteiger partial charge in [0.05, 0.1) is 0 Å². The predicted molar refractivity (Wildman–Crippen MR) is 80.3 cm³/mol. The Kier molecular flexibility index (Phi) is 4.07. The van der Waals surface area contributed by atoms with Gasteiger partial charge in [0.1, 0.15) is 11.5 Å². The van der Waals surface area contributed by atoms with Crippen molar-refractivity contribution in [2.45, 2.75) is 19.8 Å². The summed E-state index contributed by atoms with van der Waals surface area (Å²) in [5.41, 5.74) is 0.461. The van der Waals surface area contributed by atoms with E-state index in [2.05, 4.69) is 4.98 Å². The zero-order valence-electron chi connectivity index (χ0n) is 11.9. The van der Waals surface area contributed by atoms with Gasteiger partial charge in [-0.3, -0.25) is 4.79 Å². The predicted octanol–water partition coefficient (Wildman–Crippen LogP) is 2.56. The van der Waals surface area contributed by atoms with E-state index in [4.69, 9.17) is 4.42 Å². The van der Waals surface area contributed by atoms with Crippen LogP contribution in [0.15, 0.2) is 21.9 Å². The minimum absolute atomic E-state index is 0.0565. The van der Waals surface area contributed by atoms with E-state index in [1.165, 1.54) is 11.3 Å². The molecule has 1 unspecified atom stereocenters. The van der Waals surface area contributed by atoms with Crippen LogP contribution >= 0.6 is 11.3 Å². The van der Waals surface area contributed by atoms with Crippen LogP contribution in [0.1, 0.15) is 29.1 Å². The summed E-state index contributed by atoms with van der Waals surface area (Å²) in [4.78, 5) is 18.6. The topological polar surface area (TPSA) is 66.6 Å². The number of aliphatic hydroxyl groups excluding tert-OH is 1. The molecular formula is C15H18N2O3S. The zero-order chi connectivity index (χ0) is 14.8. The van der Waals surface area contributed by atoms with Crippen molar-refractivity contribution in [1.29, 1.82) is 0 Å². The fourth-order valence-electron chi connectivity index (χ4n) is 2.60. The van der Waals surface area contributed by atoms with Crippen LogP contribution in [0, 0.1) is 12.8 Å². The SMILES string of the molecule is Cc1ccc(-c2nc(C(=O)N3CCCC(CO)C3)cs2)o1. The van der Waals surface area contributed by atoms with Crippen LogP contribution in [0.5, 0.6) is 0 Å². The molecule has 112 valence electrons. The molecule has 3 heterocycles. The van der Waals surface area contributed by atoms with Gasteiger partial charge in [0.2, 0.25) is 0 Å². The van der Waals surface area contributed by atoms with E-state index in [1.807, 2.05) is 19.1 Å². The lowest BCUT2D eigenvalue weighted by Gasteiger charge is -2.31. The maximum absolute atomic E-state index is 12.5. The van der Waals surface area contributed by atoms with E-state index in [0.717, 1.165) is 30.2 Å². The first-order valence-electron chi connectivity index (χ1n) is 7.10. The minimum atomic E-state index is -0.0565. The van der Waals surface area contributed by atoms with E-state index in [9.17, 15) is 9.90 Å². The molecular weight excluding hydrogens is 288 g/mol. The molecule has 2 aromatic heterocycles. The maximum atomic E-state index is 12.5. The summed E-state index contributed by atoms with van der Waals surface area (Å²) in [6.07, 6.45) is 1.92. The molecule has 1 aliphatic rings. The van der Waals surface area contributed by atoms with Crippen molar-refractivity contribution < 1.29 is 14.3 Å². The third-order valence-electron chi connectivity index (χ3n) is 3.74. The Labute approximate surface area is 127 Å². The average molecular weight is 306 g/mol. The minimum Gasteiger partial charge on any atom is -0.459 e. The Bertz CT molecular complexity index is 634. The van der Waals surface area contributed by atoms with Crippen molar-refractivity contribution in [1.82, 2.24) is 9.88 Å². The summed E-state index contributed by atoms with van der Waals surface area (Å²) in [6, 6.07) is 3.75. The molecule has 1 aliphatic heterocycles. The molecule has 1 fully saturated rings. The van der Waals surface area contributed by atoms with Gasteiger partial charge >= 0.3 is 0 Å². The second kappa shape index (κ2) is 5.99. The summed E-state index contributed by atoms with van der Waals surface area (Å²) >= 11 is 1.41. The molecule has 1 N–H and O–H groups in total. The Morgan fingerprint density at radius 3 is 3.14 bits per heavy atom. The number of hydrogen-bond acceptors (Lipinski definition) is 5. The molecule has 0 radical (unpaired) electrons. The lowest BCUT2D eigenvalue weighted by atomic mass is 9.99. The Hall–Kier alpha value is -1.66. The normalized spacial score (nSPS) is 19.0. The van der Waals surface area contributed by atoms with Crippen LogP contribution in [0.25, 0.3) is 10.8 Å². The third kappa shape index (κ3) is 3.01. The van der Waals surface area contributed by atoms with Crippen LogP contribution in [0.2, 0.25) is 0 Å². The van der Waals surface area contributed by atoms with Gasteiger partial charge in [-0.1, -0.05) is 0 Å². The lowest BCUT2D eigenvalue weighted by molar-refractivity contribution is 0.0616. The van der Waals surface area contributed by atoms with Crippen molar-refractivity contribution >= 4 is 17.2 Å². The van der Waals surface area contributed by atoms with E-state index in [0.29, 0.717) is 18.0 Å². The molecule has 0 spiro atoms. The number of aliphatic hydroxyl groups is 1. The number of carbonyl (C=O) groups excluding carboxylic acids is 1. The molecule has 0 bridgehead atoms. The van der Waals surface area contributed by atoms with Crippen LogP contribution in [-0.4, -0.2) is 40.6 Å². The summed E-state index contributed by atoms with van der Waals surface area (Å²) in [5.74, 6) is 1.66. The van der Waals surface area contributed by atoms with Gasteiger partial charge in [0.25, 0.3) is 5.91 Å². The van der Waals surface area contributed by atoms with Crippen molar-refractivity contribution in [3.05, 3.63) is 29.0 Å². The Morgan fingerprint density at radius 2 is 2.43 bits per heavy atom. The van der Waals surface area contributed by atoms with Gasteiger partial charge in [-0.15, -0.1) is 11.3 Å². The number of rotatable bonds is 3. The quantitative estimate of drug-likeness (QED) is 0.946. The molecule has 1 amide bonds. The average Bonchev–Trinajstić information content (AvgIpc) is 3.15. The van der Waals surface area contributed by atoms with Gasteiger partial charge in [-0.05, 0) is 37.8 Å². The highest BCUT2D eigenvalue weighted by Gasteiger charge is 2.25. The second-order valence-electron chi connectivity index (χ2n) is 5.39. The van der Waals surface area contributed by atoms with E-state index in [1.54, 1.807) is 10.3 Å². The van der Waals surface area contributed by atoms with E-state index in [-0.39, 0.29) is 18.4 Å². The van der Waals surface area contributed by atoms with E-state index < -0.39 is 0 Å². The van der Waals surface area contributed by atoms with Gasteiger partial charge in [0, 0.05) is 25.1 Å². The lowest BCUT2D eigenvalue weighted by Crippen LogP contribution is -2.41. The molecule has 1 saturated heterocycles. The molecule has 0 aromatic carbocycles. The third-order valence-corrected chi connectivity index (χ3v) is 4.60.